The van der Waals surface area contributed by atoms with E-state index in [1.165, 1.54) is 0 Å². The molecule has 0 bridgehead atoms. The summed E-state index contributed by atoms with van der Waals surface area (Å²) in [5, 5.41) is 11.6. The summed E-state index contributed by atoms with van der Waals surface area (Å²) in [5.74, 6) is -0.653. The van der Waals surface area contributed by atoms with Gasteiger partial charge in [-0.25, -0.2) is 4.98 Å². The van der Waals surface area contributed by atoms with Crippen LogP contribution >= 0.6 is 0 Å². The van der Waals surface area contributed by atoms with Crippen LogP contribution in [-0.4, -0.2) is 28.2 Å². The monoisotopic (exact) mass is 384 g/mol. The third-order valence-corrected chi connectivity index (χ3v) is 4.36. The molecule has 2 amide bonds. The first kappa shape index (κ1) is 19.8. The Labute approximate surface area is 169 Å². The first-order chi connectivity index (χ1) is 14.1. The molecule has 0 saturated carbocycles. The maximum absolute atomic E-state index is 12.9. The summed E-state index contributed by atoms with van der Waals surface area (Å²) in [6, 6.07) is 23.1. The average molecular weight is 384 g/mol. The number of hydrogen-bond acceptors (Lipinski definition) is 4. The van der Waals surface area contributed by atoms with Crippen LogP contribution in [-0.2, 0) is 6.54 Å². The van der Waals surface area contributed by atoms with Crippen molar-refractivity contribution in [2.45, 2.75) is 13.5 Å². The van der Waals surface area contributed by atoms with Gasteiger partial charge in [-0.2, -0.15) is 5.26 Å². The SMILES string of the molecule is CCN(Cc1ccccc1)C(=O)c1cccc(C(=O)Nc2ccc(C#N)cc2)n1. The van der Waals surface area contributed by atoms with Gasteiger partial charge in [0.1, 0.15) is 11.4 Å². The summed E-state index contributed by atoms with van der Waals surface area (Å²) in [5.41, 5.74) is 2.45. The Balaban J connectivity index is 1.74. The maximum atomic E-state index is 12.9. The van der Waals surface area contributed by atoms with E-state index in [2.05, 4.69) is 10.3 Å². The van der Waals surface area contributed by atoms with Crippen molar-refractivity contribution in [3.8, 4) is 6.07 Å². The van der Waals surface area contributed by atoms with Crippen molar-refractivity contribution in [3.05, 3.63) is 95.3 Å². The lowest BCUT2D eigenvalue weighted by atomic mass is 10.2. The molecular weight excluding hydrogens is 364 g/mol. The van der Waals surface area contributed by atoms with Crippen molar-refractivity contribution in [1.29, 1.82) is 5.26 Å². The summed E-state index contributed by atoms with van der Waals surface area (Å²) >= 11 is 0. The lowest BCUT2D eigenvalue weighted by Gasteiger charge is -2.20. The smallest absolute Gasteiger partial charge is 0.274 e. The number of anilines is 1. The topological polar surface area (TPSA) is 86.1 Å². The van der Waals surface area contributed by atoms with Crippen LogP contribution < -0.4 is 5.32 Å². The maximum Gasteiger partial charge on any atom is 0.274 e. The van der Waals surface area contributed by atoms with E-state index in [0.29, 0.717) is 24.3 Å². The van der Waals surface area contributed by atoms with E-state index in [-0.39, 0.29) is 17.3 Å². The summed E-state index contributed by atoms with van der Waals surface area (Å²) in [4.78, 5) is 31.3. The second-order valence-corrected chi connectivity index (χ2v) is 6.36. The first-order valence-electron chi connectivity index (χ1n) is 9.22. The molecule has 0 radical (unpaired) electrons. The number of nitrogens with zero attached hydrogens (tertiary/aromatic N) is 3. The van der Waals surface area contributed by atoms with Crippen molar-refractivity contribution in [2.24, 2.45) is 0 Å². The van der Waals surface area contributed by atoms with E-state index in [1.54, 1.807) is 47.4 Å². The van der Waals surface area contributed by atoms with Crippen LogP contribution in [0.4, 0.5) is 5.69 Å². The van der Waals surface area contributed by atoms with Gasteiger partial charge in [-0.05, 0) is 48.9 Å². The molecule has 0 unspecified atom stereocenters. The standard InChI is InChI=1S/C23H20N4O2/c1-2-27(16-18-7-4-3-5-8-18)23(29)21-10-6-9-20(26-21)22(28)25-19-13-11-17(15-24)12-14-19/h3-14H,2,16H2,1H3,(H,25,28). The largest absolute Gasteiger partial charge is 0.333 e. The zero-order chi connectivity index (χ0) is 20.6. The summed E-state index contributed by atoms with van der Waals surface area (Å²) in [6.07, 6.45) is 0. The van der Waals surface area contributed by atoms with Crippen molar-refractivity contribution in [3.63, 3.8) is 0 Å². The molecule has 0 aliphatic heterocycles. The van der Waals surface area contributed by atoms with Crippen LogP contribution in [0.3, 0.4) is 0 Å². The number of carbonyl (C=O) groups is 2. The van der Waals surface area contributed by atoms with Crippen molar-refractivity contribution < 1.29 is 9.59 Å². The lowest BCUT2D eigenvalue weighted by Crippen LogP contribution is -2.31. The Bertz CT molecular complexity index is 1040. The number of nitriles is 1. The van der Waals surface area contributed by atoms with Crippen LogP contribution in [0.15, 0.2) is 72.8 Å². The van der Waals surface area contributed by atoms with Gasteiger partial charge in [0.2, 0.25) is 0 Å². The summed E-state index contributed by atoms with van der Waals surface area (Å²) < 4.78 is 0. The van der Waals surface area contributed by atoms with Gasteiger partial charge in [-0.3, -0.25) is 9.59 Å². The minimum absolute atomic E-state index is 0.149. The molecule has 29 heavy (non-hydrogen) atoms. The summed E-state index contributed by atoms with van der Waals surface area (Å²) in [6.45, 7) is 2.90. The molecule has 0 fully saturated rings. The molecule has 6 nitrogen and oxygen atoms in total. The van der Waals surface area contributed by atoms with Crippen LogP contribution in [0.1, 0.15) is 39.0 Å². The van der Waals surface area contributed by atoms with E-state index < -0.39 is 5.91 Å². The Kier molecular flexibility index (Phi) is 6.33. The molecule has 0 aliphatic carbocycles. The molecule has 1 aromatic heterocycles. The number of carbonyl (C=O) groups excluding carboxylic acids is 2. The van der Waals surface area contributed by atoms with Gasteiger partial charge >= 0.3 is 0 Å². The third-order valence-electron chi connectivity index (χ3n) is 4.36. The zero-order valence-corrected chi connectivity index (χ0v) is 16.0. The highest BCUT2D eigenvalue weighted by molar-refractivity contribution is 6.03. The fraction of sp³-hybridized carbons (Fsp3) is 0.130. The molecular formula is C23H20N4O2. The number of amides is 2. The van der Waals surface area contributed by atoms with E-state index in [0.717, 1.165) is 5.56 Å². The second-order valence-electron chi connectivity index (χ2n) is 6.36. The van der Waals surface area contributed by atoms with Gasteiger partial charge in [-0.1, -0.05) is 36.4 Å². The van der Waals surface area contributed by atoms with Crippen molar-refractivity contribution >= 4 is 17.5 Å². The normalized spacial score (nSPS) is 10.1. The van der Waals surface area contributed by atoms with Crippen LogP contribution in [0.25, 0.3) is 0 Å². The number of pyridine rings is 1. The number of aromatic nitrogens is 1. The minimum atomic E-state index is -0.421. The Morgan fingerprint density at radius 2 is 1.66 bits per heavy atom. The van der Waals surface area contributed by atoms with E-state index in [4.69, 9.17) is 5.26 Å². The fourth-order valence-electron chi connectivity index (χ4n) is 2.80. The Morgan fingerprint density at radius 3 is 2.31 bits per heavy atom. The number of nitrogens with one attached hydrogen (secondary N) is 1. The van der Waals surface area contributed by atoms with E-state index in [1.807, 2.05) is 43.3 Å². The molecule has 3 aromatic rings. The third kappa shape index (κ3) is 5.05. The molecule has 3 rings (SSSR count). The second kappa shape index (κ2) is 9.29. The predicted octanol–water partition coefficient (Wildman–Crippen LogP) is 3.87. The van der Waals surface area contributed by atoms with Gasteiger partial charge in [0.15, 0.2) is 0 Å². The molecule has 1 N–H and O–H groups in total. The van der Waals surface area contributed by atoms with Crippen LogP contribution in [0.2, 0.25) is 0 Å². The molecule has 1 heterocycles. The zero-order valence-electron chi connectivity index (χ0n) is 16.0. The predicted molar refractivity (Wildman–Crippen MR) is 110 cm³/mol. The molecule has 6 heteroatoms. The molecule has 144 valence electrons. The Morgan fingerprint density at radius 1 is 0.966 bits per heavy atom. The molecule has 0 saturated heterocycles. The first-order valence-corrected chi connectivity index (χ1v) is 9.22. The minimum Gasteiger partial charge on any atom is -0.333 e. The van der Waals surface area contributed by atoms with Gasteiger partial charge < -0.3 is 10.2 Å². The quantitative estimate of drug-likeness (QED) is 0.699. The molecule has 2 aromatic carbocycles. The van der Waals surface area contributed by atoms with Crippen LogP contribution in [0, 0.1) is 11.3 Å². The highest BCUT2D eigenvalue weighted by atomic mass is 16.2. The number of benzene rings is 2. The highest BCUT2D eigenvalue weighted by Gasteiger charge is 2.18. The fourth-order valence-corrected chi connectivity index (χ4v) is 2.80. The summed E-state index contributed by atoms with van der Waals surface area (Å²) in [7, 11) is 0. The van der Waals surface area contributed by atoms with Gasteiger partial charge in [-0.15, -0.1) is 0 Å². The number of hydrogen-bond donors (Lipinski definition) is 1. The van der Waals surface area contributed by atoms with Crippen molar-refractivity contribution in [1.82, 2.24) is 9.88 Å². The van der Waals surface area contributed by atoms with Gasteiger partial charge in [0, 0.05) is 18.8 Å². The molecule has 0 aliphatic rings. The molecule has 0 atom stereocenters. The van der Waals surface area contributed by atoms with Gasteiger partial charge in [0.25, 0.3) is 11.8 Å². The molecule has 0 spiro atoms. The van der Waals surface area contributed by atoms with Gasteiger partial charge in [0.05, 0.1) is 11.6 Å². The van der Waals surface area contributed by atoms with E-state index >= 15 is 0 Å². The highest BCUT2D eigenvalue weighted by Crippen LogP contribution is 2.12. The Hall–Kier alpha value is -3.98. The van der Waals surface area contributed by atoms with Crippen molar-refractivity contribution in [2.75, 3.05) is 11.9 Å². The van der Waals surface area contributed by atoms with E-state index in [9.17, 15) is 9.59 Å². The lowest BCUT2D eigenvalue weighted by molar-refractivity contribution is 0.0746. The number of rotatable bonds is 6. The van der Waals surface area contributed by atoms with Crippen LogP contribution in [0.5, 0.6) is 0 Å². The average Bonchev–Trinajstić information content (AvgIpc) is 2.78.